The molecule has 0 fully saturated rings. The van der Waals surface area contributed by atoms with E-state index in [1.54, 1.807) is 31.2 Å². The van der Waals surface area contributed by atoms with Crippen molar-refractivity contribution >= 4 is 50.7 Å². The summed E-state index contributed by atoms with van der Waals surface area (Å²) in [5, 5.41) is 3.62. The van der Waals surface area contributed by atoms with Crippen molar-refractivity contribution in [2.75, 3.05) is 17.5 Å². The van der Waals surface area contributed by atoms with Gasteiger partial charge in [-0.05, 0) is 92.9 Å². The number of amides is 2. The first kappa shape index (κ1) is 34.2. The Bertz CT molecular complexity index is 1500. The molecule has 3 rings (SSSR count). The maximum absolute atomic E-state index is 14.2. The quantitative estimate of drug-likeness (QED) is 0.216. The number of nitrogens with zero attached hydrogens (tertiary/aromatic N) is 2. The standard InChI is InChI=1S/C31H36Cl2FN3O5S/c1-5-21(4)35-31(39)29(6-2)36(19-22-8-9-23(32)18-28(22)33)30(38)20-37(25-12-14-26(15-13-25)42-7-3)43(40,41)27-16-10-24(34)11-17-27/h8-18,21,29H,5-7,19-20H2,1-4H3,(H,35,39)/t21-,29-/m0/s1. The number of hydrogen-bond acceptors (Lipinski definition) is 5. The van der Waals surface area contributed by atoms with Crippen LogP contribution in [0.5, 0.6) is 5.75 Å². The van der Waals surface area contributed by atoms with Gasteiger partial charge in [0.2, 0.25) is 11.8 Å². The summed E-state index contributed by atoms with van der Waals surface area (Å²) in [4.78, 5) is 28.7. The average molecular weight is 653 g/mol. The lowest BCUT2D eigenvalue weighted by atomic mass is 10.1. The summed E-state index contributed by atoms with van der Waals surface area (Å²) in [7, 11) is -4.35. The molecule has 8 nitrogen and oxygen atoms in total. The van der Waals surface area contributed by atoms with Crippen molar-refractivity contribution in [3.05, 3.63) is 88.2 Å². The van der Waals surface area contributed by atoms with Crippen LogP contribution in [-0.4, -0.2) is 50.4 Å². The SMILES string of the molecule is CCOc1ccc(N(CC(=O)N(Cc2ccc(Cl)cc2Cl)[C@@H](CC)C(=O)N[C@@H](C)CC)S(=O)(=O)c2ccc(F)cc2)cc1. The van der Waals surface area contributed by atoms with Gasteiger partial charge in [0.15, 0.2) is 0 Å². The highest BCUT2D eigenvalue weighted by Crippen LogP contribution is 2.28. The molecule has 0 spiro atoms. The molecule has 3 aromatic carbocycles. The van der Waals surface area contributed by atoms with Gasteiger partial charge in [-0.25, -0.2) is 12.8 Å². The molecule has 0 aliphatic rings. The third kappa shape index (κ3) is 8.84. The monoisotopic (exact) mass is 651 g/mol. The van der Waals surface area contributed by atoms with Crippen molar-refractivity contribution in [1.82, 2.24) is 10.2 Å². The van der Waals surface area contributed by atoms with Gasteiger partial charge in [0.1, 0.15) is 24.2 Å². The number of rotatable bonds is 14. The van der Waals surface area contributed by atoms with Gasteiger partial charge in [-0.2, -0.15) is 0 Å². The minimum absolute atomic E-state index is 0.0744. The van der Waals surface area contributed by atoms with E-state index in [0.717, 1.165) is 28.6 Å². The predicted molar refractivity (Wildman–Crippen MR) is 168 cm³/mol. The Morgan fingerprint density at radius 2 is 1.60 bits per heavy atom. The Balaban J connectivity index is 2.08. The molecular weight excluding hydrogens is 616 g/mol. The van der Waals surface area contributed by atoms with Gasteiger partial charge >= 0.3 is 0 Å². The number of sulfonamides is 1. The second-order valence-electron chi connectivity index (χ2n) is 9.89. The number of hydrogen-bond donors (Lipinski definition) is 1. The van der Waals surface area contributed by atoms with E-state index in [9.17, 15) is 22.4 Å². The third-order valence-corrected chi connectivity index (χ3v) is 9.23. The first-order valence-electron chi connectivity index (χ1n) is 14.0. The normalized spacial score (nSPS) is 12.7. The van der Waals surface area contributed by atoms with Crippen LogP contribution >= 0.6 is 23.2 Å². The zero-order chi connectivity index (χ0) is 31.7. The number of anilines is 1. The molecule has 232 valence electrons. The van der Waals surface area contributed by atoms with Gasteiger partial charge in [-0.1, -0.05) is 43.1 Å². The van der Waals surface area contributed by atoms with E-state index in [1.807, 2.05) is 20.8 Å². The van der Waals surface area contributed by atoms with Crippen LogP contribution in [-0.2, 0) is 26.2 Å². The molecule has 2 atom stereocenters. The smallest absolute Gasteiger partial charge is 0.264 e. The Morgan fingerprint density at radius 3 is 2.16 bits per heavy atom. The summed E-state index contributed by atoms with van der Waals surface area (Å²) in [6.07, 6.45) is 0.938. The Hall–Kier alpha value is -3.34. The van der Waals surface area contributed by atoms with Crippen LogP contribution in [0, 0.1) is 5.82 Å². The first-order valence-corrected chi connectivity index (χ1v) is 16.2. The number of benzene rings is 3. The zero-order valence-electron chi connectivity index (χ0n) is 24.5. The van der Waals surface area contributed by atoms with Gasteiger partial charge < -0.3 is 15.0 Å². The molecule has 3 aromatic rings. The second-order valence-corrected chi connectivity index (χ2v) is 12.6. The molecule has 12 heteroatoms. The molecule has 0 radical (unpaired) electrons. The molecule has 0 aromatic heterocycles. The lowest BCUT2D eigenvalue weighted by Gasteiger charge is -2.34. The molecule has 0 unspecified atom stereocenters. The van der Waals surface area contributed by atoms with Crippen molar-refractivity contribution in [3.63, 3.8) is 0 Å². The fourth-order valence-electron chi connectivity index (χ4n) is 4.33. The maximum atomic E-state index is 14.2. The summed E-state index contributed by atoms with van der Waals surface area (Å²) in [6.45, 7) is 7.06. The van der Waals surface area contributed by atoms with Crippen molar-refractivity contribution in [2.24, 2.45) is 0 Å². The van der Waals surface area contributed by atoms with Crippen LogP contribution in [0.25, 0.3) is 0 Å². The van der Waals surface area contributed by atoms with E-state index in [-0.39, 0.29) is 35.5 Å². The van der Waals surface area contributed by atoms with Crippen LogP contribution in [0.4, 0.5) is 10.1 Å². The number of carbonyl (C=O) groups excluding carboxylic acids is 2. The van der Waals surface area contributed by atoms with Crippen LogP contribution in [0.1, 0.15) is 46.1 Å². The van der Waals surface area contributed by atoms with Gasteiger partial charge in [-0.3, -0.25) is 13.9 Å². The van der Waals surface area contributed by atoms with E-state index in [0.29, 0.717) is 34.4 Å². The molecule has 0 saturated carbocycles. The minimum atomic E-state index is -4.35. The summed E-state index contributed by atoms with van der Waals surface area (Å²) in [5.74, 6) is -1.10. The molecule has 0 bridgehead atoms. The number of carbonyl (C=O) groups is 2. The second kappa shape index (κ2) is 15.4. The molecule has 0 aliphatic carbocycles. The Kier molecular flexibility index (Phi) is 12.2. The summed E-state index contributed by atoms with van der Waals surface area (Å²) >= 11 is 12.5. The largest absolute Gasteiger partial charge is 0.494 e. The van der Waals surface area contributed by atoms with Crippen LogP contribution in [0.2, 0.25) is 10.0 Å². The van der Waals surface area contributed by atoms with E-state index in [4.69, 9.17) is 27.9 Å². The lowest BCUT2D eigenvalue weighted by molar-refractivity contribution is -0.140. The van der Waals surface area contributed by atoms with Crippen molar-refractivity contribution < 1.29 is 27.1 Å². The van der Waals surface area contributed by atoms with Gasteiger partial charge in [0.05, 0.1) is 17.2 Å². The highest BCUT2D eigenvalue weighted by atomic mass is 35.5. The highest BCUT2D eigenvalue weighted by molar-refractivity contribution is 7.92. The number of ether oxygens (including phenoxy) is 1. The first-order chi connectivity index (χ1) is 20.4. The molecule has 0 heterocycles. The molecule has 1 N–H and O–H groups in total. The average Bonchev–Trinajstić information content (AvgIpc) is 2.97. The molecule has 43 heavy (non-hydrogen) atoms. The van der Waals surface area contributed by atoms with Gasteiger partial charge in [0.25, 0.3) is 10.0 Å². The maximum Gasteiger partial charge on any atom is 0.264 e. The summed E-state index contributed by atoms with van der Waals surface area (Å²) < 4.78 is 47.9. The highest BCUT2D eigenvalue weighted by Gasteiger charge is 2.34. The van der Waals surface area contributed by atoms with E-state index in [2.05, 4.69) is 5.32 Å². The molecular formula is C31H36Cl2FN3O5S. The summed E-state index contributed by atoms with van der Waals surface area (Å²) in [5.41, 5.74) is 0.714. The van der Waals surface area contributed by atoms with Crippen LogP contribution in [0.15, 0.2) is 71.6 Å². The van der Waals surface area contributed by atoms with E-state index >= 15 is 0 Å². The van der Waals surface area contributed by atoms with Crippen LogP contribution in [0.3, 0.4) is 0 Å². The zero-order valence-corrected chi connectivity index (χ0v) is 26.8. The van der Waals surface area contributed by atoms with E-state index < -0.39 is 34.3 Å². The predicted octanol–water partition coefficient (Wildman–Crippen LogP) is 6.45. The lowest BCUT2D eigenvalue weighted by Crippen LogP contribution is -2.53. The van der Waals surface area contributed by atoms with E-state index in [1.165, 1.54) is 23.1 Å². The minimum Gasteiger partial charge on any atom is -0.494 e. The van der Waals surface area contributed by atoms with Gasteiger partial charge in [0, 0.05) is 22.6 Å². The molecule has 0 aliphatic heterocycles. The van der Waals surface area contributed by atoms with Crippen molar-refractivity contribution in [2.45, 2.75) is 64.1 Å². The van der Waals surface area contributed by atoms with Gasteiger partial charge in [-0.15, -0.1) is 0 Å². The third-order valence-electron chi connectivity index (χ3n) is 6.86. The topological polar surface area (TPSA) is 96.0 Å². The Morgan fingerprint density at radius 1 is 0.953 bits per heavy atom. The Labute approximate surface area is 262 Å². The van der Waals surface area contributed by atoms with Crippen molar-refractivity contribution in [1.29, 1.82) is 0 Å². The molecule has 2 amide bonds. The number of nitrogens with one attached hydrogen (secondary N) is 1. The molecule has 0 saturated heterocycles. The fourth-order valence-corrected chi connectivity index (χ4v) is 6.21. The summed E-state index contributed by atoms with van der Waals surface area (Å²) in [6, 6.07) is 14.3. The van der Waals surface area contributed by atoms with Crippen LogP contribution < -0.4 is 14.4 Å². The fraction of sp³-hybridized carbons (Fsp3) is 0.355. The number of halogens is 3. The van der Waals surface area contributed by atoms with Crippen molar-refractivity contribution in [3.8, 4) is 5.75 Å².